The quantitative estimate of drug-likeness (QED) is 0.621. The Morgan fingerprint density at radius 1 is 0.560 bits per heavy atom. The molecule has 0 fully saturated rings. The molecule has 0 aliphatic rings. The molecule has 0 radical (unpaired) electrons. The number of phenols is 2. The Morgan fingerprint density at radius 3 is 1.32 bits per heavy atom. The minimum atomic E-state index is 0. The van der Waals surface area contributed by atoms with Crippen LogP contribution < -0.4 is 0 Å². The van der Waals surface area contributed by atoms with E-state index in [1.54, 1.807) is 48.8 Å². The second kappa shape index (κ2) is 9.09. The van der Waals surface area contributed by atoms with Gasteiger partial charge in [-0.1, -0.05) is 36.4 Å². The van der Waals surface area contributed by atoms with E-state index in [-0.39, 0.29) is 37.7 Å². The summed E-state index contributed by atoms with van der Waals surface area (Å²) in [5, 5.41) is 19.6. The van der Waals surface area contributed by atoms with Gasteiger partial charge in [0, 0.05) is 49.8 Å². The maximum atomic E-state index is 9.79. The van der Waals surface area contributed by atoms with Crippen LogP contribution in [0.1, 0.15) is 11.1 Å². The fraction of sp³-hybridized carbons (Fsp3) is 0. The summed E-state index contributed by atoms with van der Waals surface area (Å²) in [7, 11) is 0. The number of nitrogens with zero attached hydrogens (tertiary/aromatic N) is 2. The van der Waals surface area contributed by atoms with Crippen molar-refractivity contribution in [3.63, 3.8) is 0 Å². The molecule has 0 spiro atoms. The van der Waals surface area contributed by atoms with Gasteiger partial charge in [-0.3, -0.25) is 9.98 Å². The maximum absolute atomic E-state index is 9.79. The molecule has 5 heteroatoms. The molecule has 0 aliphatic heterocycles. The molecule has 25 heavy (non-hydrogen) atoms. The van der Waals surface area contributed by atoms with E-state index >= 15 is 0 Å². The molecule has 0 amide bonds. The van der Waals surface area contributed by atoms with E-state index in [1.807, 2.05) is 36.4 Å². The van der Waals surface area contributed by atoms with Crippen LogP contribution in [-0.2, 0) is 26.2 Å². The van der Waals surface area contributed by atoms with Gasteiger partial charge >= 0.3 is 0 Å². The van der Waals surface area contributed by atoms with Crippen molar-refractivity contribution in [2.24, 2.45) is 9.98 Å². The Bertz CT molecular complexity index is 833. The van der Waals surface area contributed by atoms with Crippen molar-refractivity contribution < 1.29 is 36.4 Å². The Hall–Kier alpha value is -2.52. The van der Waals surface area contributed by atoms with Crippen LogP contribution in [0, 0.1) is 0 Å². The van der Waals surface area contributed by atoms with Crippen molar-refractivity contribution in [1.82, 2.24) is 0 Å². The minimum Gasteiger partial charge on any atom is -0.507 e. The molecule has 122 valence electrons. The predicted octanol–water partition coefficient (Wildman–Crippen LogP) is 4.60. The average molecular weight is 408 g/mol. The Kier molecular flexibility index (Phi) is 6.84. The first-order valence-electron chi connectivity index (χ1n) is 7.47. The van der Waals surface area contributed by atoms with Gasteiger partial charge in [0.05, 0.1) is 11.4 Å². The van der Waals surface area contributed by atoms with Crippen molar-refractivity contribution in [2.45, 2.75) is 0 Å². The topological polar surface area (TPSA) is 65.2 Å². The largest absolute Gasteiger partial charge is 0.507 e. The van der Waals surface area contributed by atoms with E-state index in [1.165, 1.54) is 0 Å². The van der Waals surface area contributed by atoms with Crippen molar-refractivity contribution >= 4 is 23.8 Å². The van der Waals surface area contributed by atoms with E-state index < -0.39 is 0 Å². The number of aromatic hydroxyl groups is 2. The first-order chi connectivity index (χ1) is 11.7. The summed E-state index contributed by atoms with van der Waals surface area (Å²) in [6.45, 7) is 0. The van der Waals surface area contributed by atoms with Crippen LogP contribution >= 0.6 is 0 Å². The third-order valence-electron chi connectivity index (χ3n) is 3.44. The first-order valence-corrected chi connectivity index (χ1v) is 7.47. The number of phenolic OH excluding ortho intramolecular Hbond substituents is 2. The van der Waals surface area contributed by atoms with Gasteiger partial charge in [-0.05, 0) is 36.4 Å². The van der Waals surface area contributed by atoms with Gasteiger partial charge in [-0.25, -0.2) is 0 Å². The molecule has 3 aromatic carbocycles. The normalized spacial score (nSPS) is 10.9. The Labute approximate surface area is 165 Å². The van der Waals surface area contributed by atoms with E-state index in [0.29, 0.717) is 22.5 Å². The minimum absolute atomic E-state index is 0. The molecule has 0 aliphatic carbocycles. The van der Waals surface area contributed by atoms with E-state index in [0.717, 1.165) is 0 Å². The Balaban J connectivity index is 0.00000225. The molecule has 0 atom stereocenters. The zero-order valence-corrected chi connectivity index (χ0v) is 15.8. The SMILES string of the molecule is Oc1ccccc1C=Nc1ccccc1N=Cc1ccccc1O.[Zr]. The summed E-state index contributed by atoms with van der Waals surface area (Å²) in [6.07, 6.45) is 3.20. The fourth-order valence-corrected chi connectivity index (χ4v) is 2.15. The number of para-hydroxylation sites is 4. The summed E-state index contributed by atoms with van der Waals surface area (Å²) in [4.78, 5) is 8.82. The summed E-state index contributed by atoms with van der Waals surface area (Å²) in [5.74, 6) is 0.355. The smallest absolute Gasteiger partial charge is 0.124 e. The van der Waals surface area contributed by atoms with Crippen LogP contribution in [0.4, 0.5) is 11.4 Å². The van der Waals surface area contributed by atoms with Gasteiger partial charge in [0.2, 0.25) is 0 Å². The van der Waals surface area contributed by atoms with Crippen LogP contribution in [0.3, 0.4) is 0 Å². The summed E-state index contributed by atoms with van der Waals surface area (Å²) < 4.78 is 0. The number of hydrogen-bond acceptors (Lipinski definition) is 4. The molecule has 0 aromatic heterocycles. The number of aliphatic imine (C=N–C) groups is 2. The zero-order valence-electron chi connectivity index (χ0n) is 13.4. The molecule has 0 heterocycles. The van der Waals surface area contributed by atoms with E-state index in [9.17, 15) is 10.2 Å². The van der Waals surface area contributed by atoms with Crippen molar-refractivity contribution in [3.8, 4) is 11.5 Å². The van der Waals surface area contributed by atoms with Crippen LogP contribution in [0.5, 0.6) is 11.5 Å². The summed E-state index contributed by atoms with van der Waals surface area (Å²) >= 11 is 0. The number of hydrogen-bond donors (Lipinski definition) is 2. The van der Waals surface area contributed by atoms with Crippen molar-refractivity contribution in [2.75, 3.05) is 0 Å². The third kappa shape index (κ3) is 4.98. The monoisotopic (exact) mass is 406 g/mol. The number of benzene rings is 3. The van der Waals surface area contributed by atoms with Crippen LogP contribution in [0.2, 0.25) is 0 Å². The van der Waals surface area contributed by atoms with Gasteiger partial charge in [0.1, 0.15) is 11.5 Å². The van der Waals surface area contributed by atoms with Gasteiger partial charge < -0.3 is 10.2 Å². The van der Waals surface area contributed by atoms with Crippen molar-refractivity contribution in [1.29, 1.82) is 0 Å². The van der Waals surface area contributed by atoms with Crippen LogP contribution in [0.15, 0.2) is 82.8 Å². The average Bonchev–Trinajstić information content (AvgIpc) is 2.61. The number of rotatable bonds is 4. The van der Waals surface area contributed by atoms with Crippen LogP contribution in [-0.4, -0.2) is 22.6 Å². The van der Waals surface area contributed by atoms with Gasteiger partial charge in [-0.15, -0.1) is 0 Å². The molecule has 3 rings (SSSR count). The second-order valence-corrected chi connectivity index (χ2v) is 5.12. The van der Waals surface area contributed by atoms with Gasteiger partial charge in [0.25, 0.3) is 0 Å². The molecule has 0 saturated carbocycles. The Morgan fingerprint density at radius 2 is 0.920 bits per heavy atom. The first kappa shape index (κ1) is 18.8. The molecule has 3 aromatic rings. The molecule has 0 unspecified atom stereocenters. The molecular weight excluding hydrogens is 391 g/mol. The van der Waals surface area contributed by atoms with Crippen molar-refractivity contribution in [3.05, 3.63) is 83.9 Å². The second-order valence-electron chi connectivity index (χ2n) is 5.12. The summed E-state index contributed by atoms with van der Waals surface area (Å²) in [5.41, 5.74) is 2.62. The standard InChI is InChI=1S/C20H16N2O2.Zr/c23-19-11-5-1-7-15(19)13-21-17-9-3-4-10-18(17)22-14-16-8-2-6-12-20(16)24;/h1-14,23-24H;. The molecular formula is C20H16N2O2Zr. The molecule has 0 saturated heterocycles. The predicted molar refractivity (Wildman–Crippen MR) is 97.2 cm³/mol. The van der Waals surface area contributed by atoms with E-state index in [4.69, 9.17) is 0 Å². The summed E-state index contributed by atoms with van der Waals surface area (Å²) in [6, 6.07) is 21.4. The zero-order chi connectivity index (χ0) is 16.8. The van der Waals surface area contributed by atoms with Gasteiger partial charge in [-0.2, -0.15) is 0 Å². The molecule has 2 N–H and O–H groups in total. The molecule has 0 bridgehead atoms. The molecule has 4 nitrogen and oxygen atoms in total. The maximum Gasteiger partial charge on any atom is 0.124 e. The van der Waals surface area contributed by atoms with Crippen LogP contribution in [0.25, 0.3) is 0 Å². The fourth-order valence-electron chi connectivity index (χ4n) is 2.15. The van der Waals surface area contributed by atoms with Gasteiger partial charge in [0.15, 0.2) is 0 Å². The van der Waals surface area contributed by atoms with E-state index in [2.05, 4.69) is 9.98 Å². The third-order valence-corrected chi connectivity index (χ3v) is 3.44.